The molecule has 0 saturated carbocycles. The van der Waals surface area contributed by atoms with E-state index in [9.17, 15) is 18.4 Å². The van der Waals surface area contributed by atoms with Crippen LogP contribution in [0.15, 0.2) is 66.0 Å². The van der Waals surface area contributed by atoms with Gasteiger partial charge in [-0.05, 0) is 42.0 Å². The smallest absolute Gasteiger partial charge is 0.254 e. The van der Waals surface area contributed by atoms with Crippen LogP contribution in [0.3, 0.4) is 0 Å². The SMILES string of the molecule is O=C(NCCCC(=O)N(CCc1ccccc1)Cc1cccs1)c1ccc(F)cc1F. The predicted molar refractivity (Wildman–Crippen MR) is 118 cm³/mol. The Balaban J connectivity index is 1.50. The summed E-state index contributed by atoms with van der Waals surface area (Å²) in [5.74, 6) is -2.26. The van der Waals surface area contributed by atoms with Crippen LogP contribution in [0, 0.1) is 11.6 Å². The molecule has 2 aromatic carbocycles. The third-order valence-corrected chi connectivity index (χ3v) is 5.68. The molecule has 31 heavy (non-hydrogen) atoms. The highest BCUT2D eigenvalue weighted by Gasteiger charge is 2.16. The van der Waals surface area contributed by atoms with Gasteiger partial charge in [-0.25, -0.2) is 8.78 Å². The number of carbonyl (C=O) groups excluding carboxylic acids is 2. The minimum Gasteiger partial charge on any atom is -0.352 e. The Bertz CT molecular complexity index is 994. The molecule has 0 atom stereocenters. The zero-order valence-corrected chi connectivity index (χ0v) is 17.8. The van der Waals surface area contributed by atoms with E-state index in [1.54, 1.807) is 11.3 Å². The minimum absolute atomic E-state index is 0.00606. The Morgan fingerprint density at radius 3 is 2.52 bits per heavy atom. The molecular formula is C24H24F2N2O2S. The maximum Gasteiger partial charge on any atom is 0.254 e. The highest BCUT2D eigenvalue weighted by Crippen LogP contribution is 2.14. The number of amides is 2. The maximum absolute atomic E-state index is 13.7. The summed E-state index contributed by atoms with van der Waals surface area (Å²) in [6, 6.07) is 16.8. The number of thiophene rings is 1. The fraction of sp³-hybridized carbons (Fsp3) is 0.250. The largest absolute Gasteiger partial charge is 0.352 e. The van der Waals surface area contributed by atoms with Crippen LogP contribution in [0.2, 0.25) is 0 Å². The van der Waals surface area contributed by atoms with Crippen LogP contribution < -0.4 is 5.32 Å². The summed E-state index contributed by atoms with van der Waals surface area (Å²) in [6.45, 7) is 1.39. The highest BCUT2D eigenvalue weighted by atomic mass is 32.1. The quantitative estimate of drug-likeness (QED) is 0.458. The first-order valence-corrected chi connectivity index (χ1v) is 11.0. The summed E-state index contributed by atoms with van der Waals surface area (Å²) in [4.78, 5) is 27.8. The molecule has 0 unspecified atom stereocenters. The molecule has 0 saturated heterocycles. The van der Waals surface area contributed by atoms with E-state index in [-0.39, 0.29) is 24.4 Å². The molecule has 0 spiro atoms. The van der Waals surface area contributed by atoms with E-state index in [0.29, 0.717) is 25.6 Å². The van der Waals surface area contributed by atoms with Crippen molar-refractivity contribution in [3.05, 3.63) is 93.7 Å². The number of carbonyl (C=O) groups is 2. The van der Waals surface area contributed by atoms with Gasteiger partial charge >= 0.3 is 0 Å². The van der Waals surface area contributed by atoms with E-state index in [1.807, 2.05) is 52.7 Å². The second-order valence-corrected chi connectivity index (χ2v) is 8.15. The number of hydrogen-bond acceptors (Lipinski definition) is 3. The van der Waals surface area contributed by atoms with E-state index < -0.39 is 17.5 Å². The van der Waals surface area contributed by atoms with E-state index in [1.165, 1.54) is 5.56 Å². The van der Waals surface area contributed by atoms with E-state index in [2.05, 4.69) is 5.32 Å². The Kier molecular flexibility index (Phi) is 8.29. The molecule has 3 aromatic rings. The molecule has 0 aliphatic carbocycles. The summed E-state index contributed by atoms with van der Waals surface area (Å²) < 4.78 is 26.7. The standard InChI is InChI=1S/C24H24F2N2O2S/c25-19-10-11-21(22(26)16-19)24(30)27-13-4-9-23(29)28(17-20-8-5-15-31-20)14-12-18-6-2-1-3-7-18/h1-3,5-8,10-11,15-16H,4,9,12-14,17H2,(H,27,30). The molecule has 0 aliphatic rings. The van der Waals surface area contributed by atoms with Gasteiger partial charge < -0.3 is 10.2 Å². The number of benzene rings is 2. The van der Waals surface area contributed by atoms with Gasteiger partial charge in [-0.3, -0.25) is 9.59 Å². The average molecular weight is 443 g/mol. The molecule has 162 valence electrons. The van der Waals surface area contributed by atoms with Crippen LogP contribution >= 0.6 is 11.3 Å². The maximum atomic E-state index is 13.7. The van der Waals surface area contributed by atoms with Crippen LogP contribution in [0.4, 0.5) is 8.78 Å². The minimum atomic E-state index is -0.906. The monoisotopic (exact) mass is 442 g/mol. The molecule has 0 radical (unpaired) electrons. The molecule has 1 N–H and O–H groups in total. The lowest BCUT2D eigenvalue weighted by atomic mass is 10.1. The molecule has 1 aromatic heterocycles. The Morgan fingerprint density at radius 1 is 1.00 bits per heavy atom. The van der Waals surface area contributed by atoms with Gasteiger partial charge in [0.1, 0.15) is 11.6 Å². The van der Waals surface area contributed by atoms with Gasteiger partial charge in [0.15, 0.2) is 0 Å². The predicted octanol–water partition coefficient (Wildman–Crippen LogP) is 4.81. The van der Waals surface area contributed by atoms with Crippen LogP contribution in [0.25, 0.3) is 0 Å². The van der Waals surface area contributed by atoms with Gasteiger partial charge in [0, 0.05) is 30.5 Å². The first-order chi connectivity index (χ1) is 15.0. The number of rotatable bonds is 10. The normalized spacial score (nSPS) is 10.6. The van der Waals surface area contributed by atoms with Crippen LogP contribution in [0.5, 0.6) is 0 Å². The number of halogens is 2. The molecule has 7 heteroatoms. The highest BCUT2D eigenvalue weighted by molar-refractivity contribution is 7.09. The fourth-order valence-electron chi connectivity index (χ4n) is 3.16. The van der Waals surface area contributed by atoms with Crippen LogP contribution in [0.1, 0.15) is 33.6 Å². The van der Waals surface area contributed by atoms with Crippen molar-refractivity contribution in [2.24, 2.45) is 0 Å². The van der Waals surface area contributed by atoms with Crippen molar-refractivity contribution in [2.75, 3.05) is 13.1 Å². The van der Waals surface area contributed by atoms with Gasteiger partial charge in [-0.2, -0.15) is 0 Å². The second-order valence-electron chi connectivity index (χ2n) is 7.11. The lowest BCUT2D eigenvalue weighted by Gasteiger charge is -2.22. The summed E-state index contributed by atoms with van der Waals surface area (Å²) in [5.41, 5.74) is 0.954. The summed E-state index contributed by atoms with van der Waals surface area (Å²) in [7, 11) is 0. The zero-order chi connectivity index (χ0) is 22.1. The van der Waals surface area contributed by atoms with Crippen molar-refractivity contribution in [3.63, 3.8) is 0 Å². The zero-order valence-electron chi connectivity index (χ0n) is 17.0. The van der Waals surface area contributed by atoms with Gasteiger partial charge in [0.2, 0.25) is 5.91 Å². The first-order valence-electron chi connectivity index (χ1n) is 10.1. The lowest BCUT2D eigenvalue weighted by molar-refractivity contribution is -0.131. The molecule has 2 amide bonds. The van der Waals surface area contributed by atoms with Crippen LogP contribution in [-0.2, 0) is 17.8 Å². The van der Waals surface area contributed by atoms with Crippen molar-refractivity contribution in [1.82, 2.24) is 10.2 Å². The molecule has 0 bridgehead atoms. The van der Waals surface area contributed by atoms with Crippen molar-refractivity contribution < 1.29 is 18.4 Å². The summed E-state index contributed by atoms with van der Waals surface area (Å²) >= 11 is 1.61. The van der Waals surface area contributed by atoms with Crippen molar-refractivity contribution in [3.8, 4) is 0 Å². The van der Waals surface area contributed by atoms with Gasteiger partial charge in [-0.15, -0.1) is 11.3 Å². The average Bonchev–Trinajstić information content (AvgIpc) is 3.28. The van der Waals surface area contributed by atoms with Gasteiger partial charge in [-0.1, -0.05) is 36.4 Å². The molecule has 1 heterocycles. The fourth-order valence-corrected chi connectivity index (χ4v) is 3.88. The van der Waals surface area contributed by atoms with Crippen molar-refractivity contribution in [1.29, 1.82) is 0 Å². The van der Waals surface area contributed by atoms with Gasteiger partial charge in [0.25, 0.3) is 5.91 Å². The Hall–Kier alpha value is -3.06. The molecular weight excluding hydrogens is 418 g/mol. The van der Waals surface area contributed by atoms with Crippen molar-refractivity contribution >= 4 is 23.2 Å². The van der Waals surface area contributed by atoms with Crippen molar-refractivity contribution in [2.45, 2.75) is 25.8 Å². The lowest BCUT2D eigenvalue weighted by Crippen LogP contribution is -2.33. The van der Waals surface area contributed by atoms with Crippen LogP contribution in [-0.4, -0.2) is 29.8 Å². The third-order valence-electron chi connectivity index (χ3n) is 4.82. The molecule has 0 aliphatic heterocycles. The number of hydrogen-bond donors (Lipinski definition) is 1. The van der Waals surface area contributed by atoms with E-state index >= 15 is 0 Å². The second kappa shape index (κ2) is 11.4. The number of nitrogens with one attached hydrogen (secondary N) is 1. The topological polar surface area (TPSA) is 49.4 Å². The first kappa shape index (κ1) is 22.6. The van der Waals surface area contributed by atoms with Gasteiger partial charge in [0.05, 0.1) is 12.1 Å². The molecule has 3 rings (SSSR count). The molecule has 0 fully saturated rings. The third kappa shape index (κ3) is 7.00. The molecule has 4 nitrogen and oxygen atoms in total. The Morgan fingerprint density at radius 2 is 1.81 bits per heavy atom. The van der Waals surface area contributed by atoms with E-state index in [0.717, 1.165) is 23.4 Å². The van der Waals surface area contributed by atoms with E-state index in [4.69, 9.17) is 0 Å². The number of nitrogens with zero attached hydrogens (tertiary/aromatic N) is 1. The summed E-state index contributed by atoms with van der Waals surface area (Å²) in [6.07, 6.45) is 1.46. The summed E-state index contributed by atoms with van der Waals surface area (Å²) in [5, 5.41) is 4.57. The Labute approximate surface area is 184 Å².